The van der Waals surface area contributed by atoms with Crippen LogP contribution in [-0.4, -0.2) is 21.8 Å². The Balaban J connectivity index is 2.87. The summed E-state index contributed by atoms with van der Waals surface area (Å²) in [5, 5.41) is 11.5. The van der Waals surface area contributed by atoms with Crippen LogP contribution in [0, 0.1) is 0 Å². The predicted molar refractivity (Wildman–Crippen MR) is 33.3 cm³/mol. The molecule has 1 aromatic rings. The number of nitrogens with zero attached hydrogens (tertiary/aromatic N) is 2. The van der Waals surface area contributed by atoms with Gasteiger partial charge in [-0.3, -0.25) is 0 Å². The summed E-state index contributed by atoms with van der Waals surface area (Å²) in [5.41, 5.74) is 4.96. The fraction of sp³-hybridized carbons (Fsp3) is 0.600. The number of aliphatic hydroxyl groups is 1. The minimum Gasteiger partial charge on any atom is -0.382 e. The molecule has 0 radical (unpaired) electrons. The molecule has 0 spiro atoms. The minimum absolute atomic E-state index is 0.278. The number of rotatable bonds is 2. The fourth-order valence-electron chi connectivity index (χ4n) is 0.587. The molecule has 13 heavy (non-hydrogen) atoms. The molecule has 74 valence electrons. The predicted octanol–water partition coefficient (Wildman–Crippen LogP) is 0.0805. The van der Waals surface area contributed by atoms with Crippen molar-refractivity contribution in [1.29, 1.82) is 0 Å². The van der Waals surface area contributed by atoms with Crippen molar-refractivity contribution >= 4 is 0 Å². The molecular weight excluding hydrogens is 191 g/mol. The van der Waals surface area contributed by atoms with Crippen molar-refractivity contribution in [2.45, 2.75) is 12.3 Å². The normalized spacial score (nSPS) is 14.5. The summed E-state index contributed by atoms with van der Waals surface area (Å²) in [4.78, 5) is 2.92. The van der Waals surface area contributed by atoms with Gasteiger partial charge >= 0.3 is 6.18 Å². The van der Waals surface area contributed by atoms with Gasteiger partial charge in [0.2, 0.25) is 0 Å². The Morgan fingerprint density at radius 3 is 2.54 bits per heavy atom. The van der Waals surface area contributed by atoms with E-state index in [2.05, 4.69) is 14.7 Å². The zero-order valence-electron chi connectivity index (χ0n) is 6.25. The lowest BCUT2D eigenvalue weighted by Gasteiger charge is -1.99. The zero-order chi connectivity index (χ0) is 10.1. The van der Waals surface area contributed by atoms with E-state index >= 15 is 0 Å². The van der Waals surface area contributed by atoms with Gasteiger partial charge in [0, 0.05) is 6.54 Å². The molecule has 0 aliphatic heterocycles. The molecule has 0 aliphatic rings. The average molecular weight is 197 g/mol. The van der Waals surface area contributed by atoms with Gasteiger partial charge in [0.05, 0.1) is 0 Å². The number of hydrogen-bond acceptors (Lipinski definition) is 5. The molecular formula is C5H6F3N3O2. The maximum absolute atomic E-state index is 11.9. The molecule has 1 aromatic heterocycles. The SMILES string of the molecule is NCC(O)c1nc(C(F)(F)F)no1. The van der Waals surface area contributed by atoms with Crippen LogP contribution in [0.25, 0.3) is 0 Å². The quantitative estimate of drug-likeness (QED) is 0.701. The highest BCUT2D eigenvalue weighted by Crippen LogP contribution is 2.27. The average Bonchev–Trinajstić information content (AvgIpc) is 2.50. The summed E-state index contributed by atoms with van der Waals surface area (Å²) in [7, 11) is 0. The van der Waals surface area contributed by atoms with Crippen molar-refractivity contribution in [1.82, 2.24) is 10.1 Å². The first-order chi connectivity index (χ1) is 5.95. The molecule has 1 heterocycles. The first kappa shape index (κ1) is 9.93. The molecule has 0 saturated carbocycles. The highest BCUT2D eigenvalue weighted by Gasteiger charge is 2.37. The Morgan fingerprint density at radius 2 is 2.15 bits per heavy atom. The second-order valence-electron chi connectivity index (χ2n) is 2.21. The summed E-state index contributed by atoms with van der Waals surface area (Å²) < 4.78 is 39.7. The number of halogens is 3. The monoisotopic (exact) mass is 197 g/mol. The first-order valence-corrected chi connectivity index (χ1v) is 3.24. The molecule has 1 rings (SSSR count). The molecule has 1 unspecified atom stereocenters. The second-order valence-corrected chi connectivity index (χ2v) is 2.21. The lowest BCUT2D eigenvalue weighted by molar-refractivity contribution is -0.146. The van der Waals surface area contributed by atoms with Crippen LogP contribution in [-0.2, 0) is 6.18 Å². The van der Waals surface area contributed by atoms with Gasteiger partial charge in [-0.1, -0.05) is 5.16 Å². The van der Waals surface area contributed by atoms with Crippen molar-refractivity contribution in [3.63, 3.8) is 0 Å². The molecule has 0 fully saturated rings. The first-order valence-electron chi connectivity index (χ1n) is 3.24. The van der Waals surface area contributed by atoms with Gasteiger partial charge in [0.15, 0.2) is 0 Å². The van der Waals surface area contributed by atoms with E-state index in [1.165, 1.54) is 0 Å². The third-order valence-electron chi connectivity index (χ3n) is 1.20. The lowest BCUT2D eigenvalue weighted by atomic mass is 10.4. The zero-order valence-corrected chi connectivity index (χ0v) is 6.25. The highest BCUT2D eigenvalue weighted by molar-refractivity contribution is 4.93. The van der Waals surface area contributed by atoms with Gasteiger partial charge in [-0.2, -0.15) is 18.2 Å². The topological polar surface area (TPSA) is 85.2 Å². The number of aliphatic hydroxyl groups excluding tert-OH is 1. The van der Waals surface area contributed by atoms with Crippen LogP contribution in [0.5, 0.6) is 0 Å². The van der Waals surface area contributed by atoms with E-state index in [9.17, 15) is 13.2 Å². The van der Waals surface area contributed by atoms with Crippen molar-refractivity contribution < 1.29 is 22.8 Å². The largest absolute Gasteiger partial charge is 0.455 e. The van der Waals surface area contributed by atoms with Crippen LogP contribution in [0.15, 0.2) is 4.52 Å². The Kier molecular flexibility index (Phi) is 2.52. The Hall–Kier alpha value is -1.15. The van der Waals surface area contributed by atoms with E-state index in [1.807, 2.05) is 0 Å². The van der Waals surface area contributed by atoms with E-state index in [4.69, 9.17) is 10.8 Å². The Bertz CT molecular complexity index is 285. The minimum atomic E-state index is -4.67. The van der Waals surface area contributed by atoms with Crippen LogP contribution in [0.2, 0.25) is 0 Å². The molecule has 0 aliphatic carbocycles. The van der Waals surface area contributed by atoms with Crippen molar-refractivity contribution in [2.75, 3.05) is 6.54 Å². The Labute approximate surface area is 70.3 Å². The molecule has 0 bridgehead atoms. The van der Waals surface area contributed by atoms with E-state index < -0.39 is 24.0 Å². The van der Waals surface area contributed by atoms with Crippen LogP contribution >= 0.6 is 0 Å². The maximum atomic E-state index is 11.9. The van der Waals surface area contributed by atoms with Crippen molar-refractivity contribution in [3.8, 4) is 0 Å². The second kappa shape index (κ2) is 3.30. The third-order valence-corrected chi connectivity index (χ3v) is 1.20. The maximum Gasteiger partial charge on any atom is 0.455 e. The van der Waals surface area contributed by atoms with Crippen LogP contribution in [0.1, 0.15) is 17.8 Å². The standard InChI is InChI=1S/C5H6F3N3O2/c6-5(7,8)4-10-3(13-11-4)2(12)1-9/h2,12H,1,9H2. The van der Waals surface area contributed by atoms with Crippen LogP contribution in [0.3, 0.4) is 0 Å². The molecule has 0 saturated heterocycles. The molecule has 0 amide bonds. The highest BCUT2D eigenvalue weighted by atomic mass is 19.4. The number of alkyl halides is 3. The van der Waals surface area contributed by atoms with Crippen LogP contribution in [0.4, 0.5) is 13.2 Å². The molecule has 0 aromatic carbocycles. The van der Waals surface area contributed by atoms with Gasteiger partial charge < -0.3 is 15.4 Å². The Morgan fingerprint density at radius 1 is 1.54 bits per heavy atom. The molecule has 5 nitrogen and oxygen atoms in total. The molecule has 1 atom stereocenters. The van der Waals surface area contributed by atoms with Gasteiger partial charge in [0.25, 0.3) is 11.7 Å². The van der Waals surface area contributed by atoms with E-state index in [0.29, 0.717) is 0 Å². The molecule has 3 N–H and O–H groups in total. The summed E-state index contributed by atoms with van der Waals surface area (Å²) in [6.07, 6.45) is -6.03. The summed E-state index contributed by atoms with van der Waals surface area (Å²) >= 11 is 0. The third kappa shape index (κ3) is 2.16. The molecule has 8 heteroatoms. The van der Waals surface area contributed by atoms with Crippen molar-refractivity contribution in [2.24, 2.45) is 5.73 Å². The number of hydrogen-bond donors (Lipinski definition) is 2. The van der Waals surface area contributed by atoms with E-state index in [0.717, 1.165) is 0 Å². The fourth-order valence-corrected chi connectivity index (χ4v) is 0.587. The van der Waals surface area contributed by atoms with Gasteiger partial charge in [-0.25, -0.2) is 0 Å². The van der Waals surface area contributed by atoms with Gasteiger partial charge in [0.1, 0.15) is 6.10 Å². The van der Waals surface area contributed by atoms with Crippen molar-refractivity contribution in [3.05, 3.63) is 11.7 Å². The smallest absolute Gasteiger partial charge is 0.382 e. The lowest BCUT2D eigenvalue weighted by Crippen LogP contribution is -2.13. The van der Waals surface area contributed by atoms with E-state index in [-0.39, 0.29) is 6.54 Å². The van der Waals surface area contributed by atoms with Gasteiger partial charge in [-0.05, 0) is 0 Å². The van der Waals surface area contributed by atoms with Crippen LogP contribution < -0.4 is 5.73 Å². The summed E-state index contributed by atoms with van der Waals surface area (Å²) in [6.45, 7) is -0.278. The number of aromatic nitrogens is 2. The summed E-state index contributed by atoms with van der Waals surface area (Å²) in [5.74, 6) is -1.95. The van der Waals surface area contributed by atoms with Gasteiger partial charge in [-0.15, -0.1) is 0 Å². The van der Waals surface area contributed by atoms with E-state index in [1.54, 1.807) is 0 Å². The summed E-state index contributed by atoms with van der Waals surface area (Å²) in [6, 6.07) is 0. The number of nitrogens with two attached hydrogens (primary N) is 1.